The lowest BCUT2D eigenvalue weighted by atomic mass is 10.0. The second-order valence-corrected chi connectivity index (χ2v) is 17.7. The number of anilines is 3. The SMILES string of the molecule is CC(=O)c1c(C)c2cnc(Nc3ccc(N4CCN(C(=O)CCOCCOCCOCCSc5cccc6c5C(=O)N(C5CCC(=O)NC5=O)C6=O)CC4)cn3)nc2n(C2CCCC2)c1=O. The second-order valence-electron chi connectivity index (χ2n) is 16.6. The number of piperazine rings is 1. The Morgan fingerprint density at radius 3 is 2.27 bits per heavy atom. The summed E-state index contributed by atoms with van der Waals surface area (Å²) in [6.45, 7) is 7.73. The first-order valence-corrected chi connectivity index (χ1v) is 23.4. The largest absolute Gasteiger partial charge is 0.379 e. The number of ether oxygens (including phenoxy) is 3. The van der Waals surface area contributed by atoms with E-state index in [2.05, 4.69) is 25.5 Å². The quantitative estimate of drug-likeness (QED) is 0.0590. The number of carbonyl (C=O) groups is 6. The lowest BCUT2D eigenvalue weighted by Crippen LogP contribution is -2.54. The van der Waals surface area contributed by atoms with Crippen LogP contribution < -0.4 is 21.1 Å². The molecular formula is C46H53N9O10S. The van der Waals surface area contributed by atoms with Gasteiger partial charge in [-0.1, -0.05) is 18.9 Å². The summed E-state index contributed by atoms with van der Waals surface area (Å²) in [5.41, 5.74) is 2.44. The summed E-state index contributed by atoms with van der Waals surface area (Å²) in [4.78, 5) is 109. The molecule has 3 fully saturated rings. The summed E-state index contributed by atoms with van der Waals surface area (Å²) >= 11 is 1.38. The van der Waals surface area contributed by atoms with Crippen LogP contribution in [0.1, 0.15) is 94.5 Å². The highest BCUT2D eigenvalue weighted by atomic mass is 32.2. The van der Waals surface area contributed by atoms with Gasteiger partial charge in [0.2, 0.25) is 23.7 Å². The molecule has 2 N–H and O–H groups in total. The number of piperidine rings is 1. The molecule has 66 heavy (non-hydrogen) atoms. The molecule has 20 heteroatoms. The number of fused-ring (bicyclic) bond motifs is 2. The highest BCUT2D eigenvalue weighted by molar-refractivity contribution is 7.99. The van der Waals surface area contributed by atoms with Crippen molar-refractivity contribution in [2.75, 3.05) is 81.8 Å². The number of thioether (sulfide) groups is 1. The molecule has 4 aliphatic rings. The number of pyridine rings is 2. The van der Waals surface area contributed by atoms with E-state index in [1.807, 2.05) is 17.0 Å². The molecule has 3 aromatic heterocycles. The van der Waals surface area contributed by atoms with Gasteiger partial charge in [0.1, 0.15) is 17.5 Å². The van der Waals surface area contributed by atoms with Crippen molar-refractivity contribution in [3.8, 4) is 0 Å². The first kappa shape index (κ1) is 46.4. The zero-order chi connectivity index (χ0) is 46.3. The number of hydrogen-bond acceptors (Lipinski definition) is 16. The van der Waals surface area contributed by atoms with Crippen molar-refractivity contribution in [2.45, 2.75) is 75.8 Å². The molecular weight excluding hydrogens is 871 g/mol. The second kappa shape index (κ2) is 21.0. The Labute approximate surface area is 384 Å². The third-order valence-electron chi connectivity index (χ3n) is 12.4. The number of carbonyl (C=O) groups excluding carboxylic acids is 6. The number of rotatable bonds is 19. The topological polar surface area (TPSA) is 225 Å². The molecule has 1 aromatic carbocycles. The predicted molar refractivity (Wildman–Crippen MR) is 243 cm³/mol. The Morgan fingerprint density at radius 2 is 1.58 bits per heavy atom. The number of hydrogen-bond donors (Lipinski definition) is 2. The van der Waals surface area contributed by atoms with E-state index in [4.69, 9.17) is 19.2 Å². The van der Waals surface area contributed by atoms with E-state index in [0.717, 1.165) is 36.3 Å². The van der Waals surface area contributed by atoms with Crippen molar-refractivity contribution in [1.29, 1.82) is 0 Å². The molecule has 1 unspecified atom stereocenters. The van der Waals surface area contributed by atoms with E-state index in [9.17, 15) is 33.6 Å². The van der Waals surface area contributed by atoms with Gasteiger partial charge in [0, 0.05) is 60.9 Å². The van der Waals surface area contributed by atoms with Crippen LogP contribution in [0.15, 0.2) is 52.4 Å². The molecule has 1 saturated carbocycles. The third-order valence-corrected chi connectivity index (χ3v) is 13.4. The van der Waals surface area contributed by atoms with Crippen molar-refractivity contribution in [2.24, 2.45) is 0 Å². The fraction of sp³-hybridized carbons (Fsp3) is 0.478. The number of aryl methyl sites for hydroxylation is 1. The van der Waals surface area contributed by atoms with Crippen molar-refractivity contribution >= 4 is 75.6 Å². The number of amides is 5. The minimum absolute atomic E-state index is 0.0142. The van der Waals surface area contributed by atoms with E-state index in [1.165, 1.54) is 18.7 Å². The molecule has 0 spiro atoms. The summed E-state index contributed by atoms with van der Waals surface area (Å²) in [7, 11) is 0. The molecule has 0 bridgehead atoms. The number of nitrogens with zero attached hydrogens (tertiary/aromatic N) is 7. The molecule has 348 valence electrons. The van der Waals surface area contributed by atoms with E-state index in [0.29, 0.717) is 98.2 Å². The first-order chi connectivity index (χ1) is 32.0. The van der Waals surface area contributed by atoms with Crippen molar-refractivity contribution in [3.63, 3.8) is 0 Å². The van der Waals surface area contributed by atoms with Crippen LogP contribution in [-0.2, 0) is 28.6 Å². The number of Topliss-reactive ketones (excluding diaryl/α,β-unsaturated/α-hetero) is 1. The minimum Gasteiger partial charge on any atom is -0.379 e. The monoisotopic (exact) mass is 923 g/mol. The number of imide groups is 2. The number of benzene rings is 1. The average Bonchev–Trinajstić information content (AvgIpc) is 3.93. The van der Waals surface area contributed by atoms with Gasteiger partial charge in [-0.05, 0) is 62.9 Å². The van der Waals surface area contributed by atoms with E-state index >= 15 is 0 Å². The zero-order valence-corrected chi connectivity index (χ0v) is 37.9. The fourth-order valence-electron chi connectivity index (χ4n) is 8.96. The molecule has 2 saturated heterocycles. The first-order valence-electron chi connectivity index (χ1n) is 22.4. The van der Waals surface area contributed by atoms with Gasteiger partial charge in [0.15, 0.2) is 5.78 Å². The van der Waals surface area contributed by atoms with Crippen molar-refractivity contribution < 1.29 is 43.0 Å². The Bertz CT molecular complexity index is 2570. The van der Waals surface area contributed by atoms with Gasteiger partial charge in [-0.2, -0.15) is 4.98 Å². The molecule has 19 nitrogen and oxygen atoms in total. The minimum atomic E-state index is -1.01. The third kappa shape index (κ3) is 10.2. The summed E-state index contributed by atoms with van der Waals surface area (Å²) in [6.07, 6.45) is 7.63. The van der Waals surface area contributed by atoms with Crippen LogP contribution in [0.5, 0.6) is 0 Å². The maximum Gasteiger partial charge on any atom is 0.263 e. The smallest absolute Gasteiger partial charge is 0.263 e. The van der Waals surface area contributed by atoms with Crippen LogP contribution in [0, 0.1) is 6.92 Å². The highest BCUT2D eigenvalue weighted by Gasteiger charge is 2.45. The van der Waals surface area contributed by atoms with Gasteiger partial charge < -0.3 is 29.3 Å². The van der Waals surface area contributed by atoms with Crippen LogP contribution in [-0.4, -0.2) is 142 Å². The molecule has 1 aliphatic carbocycles. The van der Waals surface area contributed by atoms with Crippen LogP contribution in [0.25, 0.3) is 11.0 Å². The van der Waals surface area contributed by atoms with Crippen molar-refractivity contribution in [1.82, 2.24) is 34.6 Å². The molecule has 0 radical (unpaired) electrons. The van der Waals surface area contributed by atoms with Crippen LogP contribution in [0.4, 0.5) is 17.5 Å². The highest BCUT2D eigenvalue weighted by Crippen LogP contribution is 2.35. The lowest BCUT2D eigenvalue weighted by molar-refractivity contribution is -0.136. The number of ketones is 1. The van der Waals surface area contributed by atoms with E-state index in [-0.39, 0.29) is 65.9 Å². The van der Waals surface area contributed by atoms with Gasteiger partial charge in [-0.15, -0.1) is 11.8 Å². The van der Waals surface area contributed by atoms with Gasteiger partial charge >= 0.3 is 0 Å². The van der Waals surface area contributed by atoms with Gasteiger partial charge in [-0.3, -0.25) is 48.3 Å². The van der Waals surface area contributed by atoms with E-state index < -0.39 is 29.7 Å². The summed E-state index contributed by atoms with van der Waals surface area (Å²) in [5.74, 6) is -0.994. The molecule has 4 aromatic rings. The molecule has 3 aliphatic heterocycles. The molecule has 1 atom stereocenters. The number of nitrogens with one attached hydrogen (secondary N) is 2. The lowest BCUT2D eigenvalue weighted by Gasteiger charge is -2.36. The Kier molecular flexibility index (Phi) is 14.8. The maximum absolute atomic E-state index is 13.6. The normalized spacial score (nSPS) is 17.8. The predicted octanol–water partition coefficient (Wildman–Crippen LogP) is 3.84. The van der Waals surface area contributed by atoms with Crippen LogP contribution >= 0.6 is 11.8 Å². The van der Waals surface area contributed by atoms with Crippen molar-refractivity contribution in [3.05, 3.63) is 75.3 Å². The number of aromatic nitrogens is 4. The summed E-state index contributed by atoms with van der Waals surface area (Å²) in [6, 6.07) is 7.81. The standard InChI is InChI=1S/C46H53N9O10S/c1-28-33-27-48-46(51-41(33)54(30-6-3-4-7-30)44(61)39(28)29(2)56)49-36-12-10-31(26-47-36)52-15-17-53(18-16-52)38(58)14-19-63-20-21-64-22-23-65-24-25-66-35-9-5-8-32-40(35)45(62)55(43(32)60)34-11-13-37(57)50-42(34)59/h5,8-10,12,26-27,30,34H,3-4,6-7,11,13-25H2,1-2H3,(H,50,57,59)(H,47,48,49,51). The average molecular weight is 924 g/mol. The Hall–Kier alpha value is -6.09. The van der Waals surface area contributed by atoms with Crippen LogP contribution in [0.2, 0.25) is 0 Å². The molecule has 6 heterocycles. The molecule has 5 amide bonds. The zero-order valence-electron chi connectivity index (χ0n) is 37.0. The van der Waals surface area contributed by atoms with E-state index in [1.54, 1.807) is 42.1 Å². The fourth-order valence-corrected chi connectivity index (χ4v) is 9.90. The molecule has 8 rings (SSSR count). The van der Waals surface area contributed by atoms with Gasteiger partial charge in [0.05, 0.1) is 74.6 Å². The summed E-state index contributed by atoms with van der Waals surface area (Å²) < 4.78 is 18.6. The van der Waals surface area contributed by atoms with Gasteiger partial charge in [-0.25, -0.2) is 9.97 Å². The Balaban J connectivity index is 0.693. The van der Waals surface area contributed by atoms with Gasteiger partial charge in [0.25, 0.3) is 17.4 Å². The maximum atomic E-state index is 13.6. The van der Waals surface area contributed by atoms with Crippen LogP contribution in [0.3, 0.4) is 0 Å². The summed E-state index contributed by atoms with van der Waals surface area (Å²) in [5, 5.41) is 6.06. The Morgan fingerprint density at radius 1 is 0.848 bits per heavy atom.